The van der Waals surface area contributed by atoms with Crippen LogP contribution in [0.4, 0.5) is 0 Å². The molecule has 0 unspecified atom stereocenters. The lowest BCUT2D eigenvalue weighted by Crippen LogP contribution is -1.99. The standard InChI is InChI=1S/C23H23N3OS/c1-4-19-13-22(27-21-11-6-5-10-20(21)16(2)3)26-23(25-19)28-15-18-9-7-8-17(12-18)14-24/h5-13,16H,4,15H2,1-3H3. The number of aromatic nitrogens is 2. The average molecular weight is 390 g/mol. The fourth-order valence-corrected chi connectivity index (χ4v) is 3.60. The molecule has 0 N–H and O–H groups in total. The second-order valence-corrected chi connectivity index (χ2v) is 7.67. The predicted octanol–water partition coefficient (Wildman–Crippen LogP) is 6.12. The van der Waals surface area contributed by atoms with E-state index in [1.807, 2.05) is 42.5 Å². The summed E-state index contributed by atoms with van der Waals surface area (Å²) in [6.07, 6.45) is 0.808. The van der Waals surface area contributed by atoms with Crippen LogP contribution in [0.25, 0.3) is 0 Å². The van der Waals surface area contributed by atoms with Crippen molar-refractivity contribution in [1.82, 2.24) is 9.97 Å². The third-order valence-electron chi connectivity index (χ3n) is 4.28. The summed E-state index contributed by atoms with van der Waals surface area (Å²) in [5.41, 5.74) is 3.83. The zero-order chi connectivity index (χ0) is 19.9. The molecule has 0 saturated carbocycles. The Morgan fingerprint density at radius 1 is 1.07 bits per heavy atom. The first-order valence-electron chi connectivity index (χ1n) is 9.35. The fraction of sp³-hybridized carbons (Fsp3) is 0.261. The zero-order valence-electron chi connectivity index (χ0n) is 16.3. The number of nitriles is 1. The summed E-state index contributed by atoms with van der Waals surface area (Å²) < 4.78 is 6.14. The minimum atomic E-state index is 0.366. The van der Waals surface area contributed by atoms with Gasteiger partial charge in [0.2, 0.25) is 5.88 Å². The van der Waals surface area contributed by atoms with E-state index in [4.69, 9.17) is 10.00 Å². The van der Waals surface area contributed by atoms with Gasteiger partial charge in [-0.2, -0.15) is 10.2 Å². The van der Waals surface area contributed by atoms with Crippen molar-refractivity contribution in [2.45, 2.75) is 44.0 Å². The Balaban J connectivity index is 1.81. The van der Waals surface area contributed by atoms with Gasteiger partial charge in [-0.3, -0.25) is 0 Å². The number of benzene rings is 2. The Labute approximate surface area is 170 Å². The van der Waals surface area contributed by atoms with Gasteiger partial charge >= 0.3 is 0 Å². The maximum Gasteiger partial charge on any atom is 0.223 e. The molecule has 1 heterocycles. The van der Waals surface area contributed by atoms with Gasteiger partial charge in [-0.1, -0.05) is 62.9 Å². The highest BCUT2D eigenvalue weighted by atomic mass is 32.2. The Hall–Kier alpha value is -2.84. The smallest absolute Gasteiger partial charge is 0.223 e. The van der Waals surface area contributed by atoms with Gasteiger partial charge in [0.15, 0.2) is 5.16 Å². The third-order valence-corrected chi connectivity index (χ3v) is 5.20. The van der Waals surface area contributed by atoms with Gasteiger partial charge in [-0.15, -0.1) is 0 Å². The van der Waals surface area contributed by atoms with E-state index in [0.29, 0.717) is 28.3 Å². The maximum atomic E-state index is 9.06. The molecule has 3 rings (SSSR count). The molecule has 0 aliphatic heterocycles. The van der Waals surface area contributed by atoms with Crippen molar-refractivity contribution in [3.05, 3.63) is 77.0 Å². The molecular weight excluding hydrogens is 366 g/mol. The summed E-state index contributed by atoms with van der Waals surface area (Å²) in [5, 5.41) is 9.73. The lowest BCUT2D eigenvalue weighted by Gasteiger charge is -2.14. The van der Waals surface area contributed by atoms with E-state index in [1.54, 1.807) is 17.8 Å². The minimum Gasteiger partial charge on any atom is -0.439 e. The van der Waals surface area contributed by atoms with E-state index < -0.39 is 0 Å². The average Bonchev–Trinajstić information content (AvgIpc) is 2.72. The SMILES string of the molecule is CCc1cc(Oc2ccccc2C(C)C)nc(SCc2cccc(C#N)c2)n1. The molecule has 142 valence electrons. The number of hydrogen-bond donors (Lipinski definition) is 0. The molecule has 28 heavy (non-hydrogen) atoms. The van der Waals surface area contributed by atoms with E-state index in [-0.39, 0.29) is 0 Å². The zero-order valence-corrected chi connectivity index (χ0v) is 17.2. The van der Waals surface area contributed by atoms with Gasteiger partial charge in [-0.25, -0.2) is 4.98 Å². The van der Waals surface area contributed by atoms with E-state index in [2.05, 4.69) is 42.9 Å². The van der Waals surface area contributed by atoms with Crippen molar-refractivity contribution >= 4 is 11.8 Å². The Morgan fingerprint density at radius 2 is 1.89 bits per heavy atom. The summed E-state index contributed by atoms with van der Waals surface area (Å²) in [6.45, 7) is 6.37. The number of aryl methyl sites for hydroxylation is 1. The number of hydrogen-bond acceptors (Lipinski definition) is 5. The maximum absolute atomic E-state index is 9.06. The molecule has 1 aromatic heterocycles. The Kier molecular flexibility index (Phi) is 6.67. The molecule has 0 aliphatic carbocycles. The van der Waals surface area contributed by atoms with Crippen LogP contribution in [0.2, 0.25) is 0 Å². The second-order valence-electron chi connectivity index (χ2n) is 6.73. The quantitative estimate of drug-likeness (QED) is 0.360. The molecule has 0 radical (unpaired) electrons. The molecule has 0 bridgehead atoms. The molecule has 0 aliphatic rings. The summed E-state index contributed by atoms with van der Waals surface area (Å²) in [4.78, 5) is 9.21. The van der Waals surface area contributed by atoms with Gasteiger partial charge in [-0.05, 0) is 41.7 Å². The van der Waals surface area contributed by atoms with Gasteiger partial charge in [0.1, 0.15) is 5.75 Å². The summed E-state index contributed by atoms with van der Waals surface area (Å²) in [6, 6.07) is 19.7. The number of rotatable bonds is 7. The predicted molar refractivity (Wildman–Crippen MR) is 113 cm³/mol. The van der Waals surface area contributed by atoms with Crippen LogP contribution < -0.4 is 4.74 Å². The monoisotopic (exact) mass is 389 g/mol. The highest BCUT2D eigenvalue weighted by molar-refractivity contribution is 7.98. The van der Waals surface area contributed by atoms with Crippen molar-refractivity contribution in [2.24, 2.45) is 0 Å². The first kappa shape index (κ1) is 19.9. The molecule has 5 heteroatoms. The van der Waals surface area contributed by atoms with Gasteiger partial charge in [0.25, 0.3) is 0 Å². The number of thioether (sulfide) groups is 1. The van der Waals surface area contributed by atoms with E-state index >= 15 is 0 Å². The van der Waals surface area contributed by atoms with Crippen LogP contribution in [-0.4, -0.2) is 9.97 Å². The van der Waals surface area contributed by atoms with Crippen LogP contribution >= 0.6 is 11.8 Å². The first-order valence-corrected chi connectivity index (χ1v) is 10.3. The summed E-state index contributed by atoms with van der Waals surface area (Å²) >= 11 is 1.55. The van der Waals surface area contributed by atoms with Crippen molar-refractivity contribution in [3.63, 3.8) is 0 Å². The summed E-state index contributed by atoms with van der Waals surface area (Å²) in [5.74, 6) is 2.46. The number of para-hydroxylation sites is 1. The Bertz CT molecular complexity index is 995. The molecule has 4 nitrogen and oxygen atoms in total. The van der Waals surface area contributed by atoms with Crippen molar-refractivity contribution in [2.75, 3.05) is 0 Å². The van der Waals surface area contributed by atoms with Crippen LogP contribution in [0, 0.1) is 11.3 Å². The lowest BCUT2D eigenvalue weighted by atomic mass is 10.0. The fourth-order valence-electron chi connectivity index (χ4n) is 2.79. The topological polar surface area (TPSA) is 58.8 Å². The largest absolute Gasteiger partial charge is 0.439 e. The number of nitrogens with zero attached hydrogens (tertiary/aromatic N) is 3. The molecule has 3 aromatic rings. The highest BCUT2D eigenvalue weighted by Gasteiger charge is 2.11. The Morgan fingerprint density at radius 3 is 2.64 bits per heavy atom. The second kappa shape index (κ2) is 9.38. The van der Waals surface area contributed by atoms with Crippen molar-refractivity contribution in [3.8, 4) is 17.7 Å². The lowest BCUT2D eigenvalue weighted by molar-refractivity contribution is 0.446. The molecule has 0 saturated heterocycles. The molecular formula is C23H23N3OS. The summed E-state index contributed by atoms with van der Waals surface area (Å²) in [7, 11) is 0. The van der Waals surface area contributed by atoms with Crippen LogP contribution in [0.3, 0.4) is 0 Å². The van der Waals surface area contributed by atoms with E-state index in [0.717, 1.165) is 29.0 Å². The molecule has 0 spiro atoms. The molecule has 0 fully saturated rings. The molecule has 0 amide bonds. The van der Waals surface area contributed by atoms with Crippen LogP contribution in [0.15, 0.2) is 59.8 Å². The van der Waals surface area contributed by atoms with Crippen molar-refractivity contribution in [1.29, 1.82) is 5.26 Å². The molecule has 0 atom stereocenters. The van der Waals surface area contributed by atoms with Gasteiger partial charge in [0, 0.05) is 17.5 Å². The van der Waals surface area contributed by atoms with Crippen LogP contribution in [0.5, 0.6) is 11.6 Å². The van der Waals surface area contributed by atoms with E-state index in [9.17, 15) is 0 Å². The normalized spacial score (nSPS) is 10.7. The number of ether oxygens (including phenoxy) is 1. The highest BCUT2D eigenvalue weighted by Crippen LogP contribution is 2.31. The van der Waals surface area contributed by atoms with Crippen LogP contribution in [-0.2, 0) is 12.2 Å². The van der Waals surface area contributed by atoms with Crippen molar-refractivity contribution < 1.29 is 4.74 Å². The first-order chi connectivity index (χ1) is 13.6. The van der Waals surface area contributed by atoms with Crippen LogP contribution in [0.1, 0.15) is 49.1 Å². The van der Waals surface area contributed by atoms with Gasteiger partial charge < -0.3 is 4.74 Å². The third kappa shape index (κ3) is 5.11. The molecule has 2 aromatic carbocycles. The minimum absolute atomic E-state index is 0.366. The van der Waals surface area contributed by atoms with Gasteiger partial charge in [0.05, 0.1) is 11.6 Å². The van der Waals surface area contributed by atoms with E-state index in [1.165, 1.54) is 0 Å².